The summed E-state index contributed by atoms with van der Waals surface area (Å²) in [6, 6.07) is 14.9. The highest BCUT2D eigenvalue weighted by Crippen LogP contribution is 2.24. The van der Waals surface area contributed by atoms with Crippen LogP contribution < -0.4 is 11.1 Å². The van der Waals surface area contributed by atoms with Gasteiger partial charge in [0.2, 0.25) is 0 Å². The maximum Gasteiger partial charge on any atom is 0.265 e. The molecular formula is C21H23N3O2. The number of carbonyl (C=O) groups excluding carboxylic acids is 2. The van der Waals surface area contributed by atoms with Crippen molar-refractivity contribution in [2.45, 2.75) is 26.2 Å². The van der Waals surface area contributed by atoms with Crippen molar-refractivity contribution in [2.75, 3.05) is 5.32 Å². The van der Waals surface area contributed by atoms with Gasteiger partial charge in [0.1, 0.15) is 5.69 Å². The molecule has 134 valence electrons. The Balaban J connectivity index is 1.84. The zero-order valence-electron chi connectivity index (χ0n) is 15.5. The molecule has 0 unspecified atom stereocenters. The Kier molecular flexibility index (Phi) is 4.32. The fourth-order valence-corrected chi connectivity index (χ4v) is 2.99. The first-order valence-electron chi connectivity index (χ1n) is 8.48. The Hall–Kier alpha value is -3.08. The van der Waals surface area contributed by atoms with Crippen LogP contribution in [-0.2, 0) is 12.5 Å². The van der Waals surface area contributed by atoms with Gasteiger partial charge in [-0.2, -0.15) is 0 Å². The minimum Gasteiger partial charge on any atom is -0.364 e. The van der Waals surface area contributed by atoms with E-state index in [0.717, 1.165) is 10.9 Å². The first-order chi connectivity index (χ1) is 12.2. The summed E-state index contributed by atoms with van der Waals surface area (Å²) in [7, 11) is 1.79. The number of fused-ring (bicyclic) bond motifs is 1. The summed E-state index contributed by atoms with van der Waals surface area (Å²) in [5.74, 6) is -0.649. The molecule has 0 aliphatic rings. The van der Waals surface area contributed by atoms with Gasteiger partial charge in [0.15, 0.2) is 0 Å². The number of nitrogens with two attached hydrogens (primary N) is 1. The quantitative estimate of drug-likeness (QED) is 0.754. The van der Waals surface area contributed by atoms with Gasteiger partial charge in [-0.1, -0.05) is 32.9 Å². The number of aromatic nitrogens is 1. The molecule has 2 amide bonds. The number of rotatable bonds is 3. The summed E-state index contributed by atoms with van der Waals surface area (Å²) in [6.45, 7) is 6.41. The maximum atomic E-state index is 12.5. The van der Waals surface area contributed by atoms with Crippen molar-refractivity contribution in [3.05, 3.63) is 65.4 Å². The Labute approximate surface area is 152 Å². The molecular weight excluding hydrogens is 326 g/mol. The van der Waals surface area contributed by atoms with Crippen LogP contribution >= 0.6 is 0 Å². The van der Waals surface area contributed by atoms with E-state index in [1.807, 2.05) is 42.5 Å². The molecule has 0 aliphatic heterocycles. The molecule has 0 atom stereocenters. The smallest absolute Gasteiger partial charge is 0.265 e. The monoisotopic (exact) mass is 349 g/mol. The number of hydrogen-bond donors (Lipinski definition) is 2. The number of nitrogens with one attached hydrogen (secondary N) is 1. The van der Waals surface area contributed by atoms with E-state index in [2.05, 4.69) is 26.1 Å². The highest BCUT2D eigenvalue weighted by molar-refractivity contribution is 6.05. The van der Waals surface area contributed by atoms with Crippen LogP contribution in [0.1, 0.15) is 47.2 Å². The fraction of sp³-hybridized carbons (Fsp3) is 0.238. The topological polar surface area (TPSA) is 77.1 Å². The van der Waals surface area contributed by atoms with Gasteiger partial charge in [0.25, 0.3) is 11.8 Å². The predicted molar refractivity (Wildman–Crippen MR) is 105 cm³/mol. The van der Waals surface area contributed by atoms with Crippen LogP contribution in [0.4, 0.5) is 5.69 Å². The molecule has 26 heavy (non-hydrogen) atoms. The van der Waals surface area contributed by atoms with Crippen LogP contribution in [-0.4, -0.2) is 16.4 Å². The van der Waals surface area contributed by atoms with Crippen molar-refractivity contribution in [3.63, 3.8) is 0 Å². The molecule has 3 rings (SSSR count). The standard InChI is InChI=1S/C21H23N3O2/c1-21(2,3)15-7-5-13(6-8-15)20(26)23-16-9-10-17-14(11-16)12-18(19(22)25)24(17)4/h5-12H,1-4H3,(H2,22,25)(H,23,26). The molecule has 0 spiro atoms. The summed E-state index contributed by atoms with van der Waals surface area (Å²) < 4.78 is 1.74. The molecule has 3 aromatic rings. The van der Waals surface area contributed by atoms with Gasteiger partial charge in [-0.25, -0.2) is 0 Å². The first-order valence-corrected chi connectivity index (χ1v) is 8.48. The van der Waals surface area contributed by atoms with Gasteiger partial charge in [-0.15, -0.1) is 0 Å². The lowest BCUT2D eigenvalue weighted by atomic mass is 9.87. The van der Waals surface area contributed by atoms with E-state index in [1.54, 1.807) is 17.7 Å². The fourth-order valence-electron chi connectivity index (χ4n) is 2.99. The van der Waals surface area contributed by atoms with Crippen molar-refractivity contribution < 1.29 is 9.59 Å². The molecule has 3 N–H and O–H groups in total. The van der Waals surface area contributed by atoms with E-state index >= 15 is 0 Å². The van der Waals surface area contributed by atoms with Crippen molar-refractivity contribution in [1.29, 1.82) is 0 Å². The molecule has 1 aromatic heterocycles. The van der Waals surface area contributed by atoms with Gasteiger partial charge in [-0.05, 0) is 47.4 Å². The number of hydrogen-bond acceptors (Lipinski definition) is 2. The minimum atomic E-state index is -0.478. The van der Waals surface area contributed by atoms with Crippen LogP contribution in [0.3, 0.4) is 0 Å². The molecule has 0 radical (unpaired) electrons. The predicted octanol–water partition coefficient (Wildman–Crippen LogP) is 3.83. The zero-order valence-corrected chi connectivity index (χ0v) is 15.5. The minimum absolute atomic E-state index is 0.0471. The third-order valence-electron chi connectivity index (χ3n) is 4.57. The first kappa shape index (κ1) is 17.7. The van der Waals surface area contributed by atoms with Crippen LogP contribution in [0.2, 0.25) is 0 Å². The van der Waals surface area contributed by atoms with E-state index < -0.39 is 5.91 Å². The molecule has 1 heterocycles. The van der Waals surface area contributed by atoms with Crippen molar-refractivity contribution in [2.24, 2.45) is 12.8 Å². The lowest BCUT2D eigenvalue weighted by Gasteiger charge is -2.19. The van der Waals surface area contributed by atoms with Crippen LogP contribution in [0, 0.1) is 0 Å². The van der Waals surface area contributed by atoms with E-state index in [-0.39, 0.29) is 11.3 Å². The number of carbonyl (C=O) groups is 2. The maximum absolute atomic E-state index is 12.5. The number of primary amides is 1. The van der Waals surface area contributed by atoms with Crippen LogP contribution in [0.25, 0.3) is 10.9 Å². The van der Waals surface area contributed by atoms with Gasteiger partial charge in [0, 0.05) is 29.2 Å². The Morgan fingerprint density at radius 1 is 1.00 bits per heavy atom. The summed E-state index contributed by atoms with van der Waals surface area (Å²) in [4.78, 5) is 24.0. The molecule has 5 nitrogen and oxygen atoms in total. The van der Waals surface area contributed by atoms with Crippen molar-refractivity contribution >= 4 is 28.4 Å². The molecule has 2 aromatic carbocycles. The van der Waals surface area contributed by atoms with E-state index in [4.69, 9.17) is 5.73 Å². The molecule has 0 fully saturated rings. The number of amides is 2. The van der Waals surface area contributed by atoms with Gasteiger partial charge >= 0.3 is 0 Å². The van der Waals surface area contributed by atoms with E-state index in [9.17, 15) is 9.59 Å². The van der Waals surface area contributed by atoms with Crippen LogP contribution in [0.15, 0.2) is 48.5 Å². The van der Waals surface area contributed by atoms with E-state index in [0.29, 0.717) is 16.9 Å². The second-order valence-electron chi connectivity index (χ2n) is 7.51. The second-order valence-corrected chi connectivity index (χ2v) is 7.51. The Morgan fingerprint density at radius 3 is 2.23 bits per heavy atom. The van der Waals surface area contributed by atoms with Gasteiger partial charge in [-0.3, -0.25) is 9.59 Å². The molecule has 5 heteroatoms. The van der Waals surface area contributed by atoms with Crippen molar-refractivity contribution in [3.8, 4) is 0 Å². The lowest BCUT2D eigenvalue weighted by molar-refractivity contribution is 0.0991. The normalized spacial score (nSPS) is 11.5. The largest absolute Gasteiger partial charge is 0.364 e. The number of anilines is 1. The second kappa shape index (κ2) is 6.33. The summed E-state index contributed by atoms with van der Waals surface area (Å²) in [5, 5.41) is 3.75. The summed E-state index contributed by atoms with van der Waals surface area (Å²) in [6.07, 6.45) is 0. The highest BCUT2D eigenvalue weighted by Gasteiger charge is 2.15. The molecule has 0 bridgehead atoms. The Morgan fingerprint density at radius 2 is 1.65 bits per heavy atom. The SMILES string of the molecule is Cn1c(C(N)=O)cc2cc(NC(=O)c3ccc(C(C)(C)C)cc3)ccc21. The van der Waals surface area contributed by atoms with Gasteiger partial charge < -0.3 is 15.6 Å². The van der Waals surface area contributed by atoms with Crippen molar-refractivity contribution in [1.82, 2.24) is 4.57 Å². The summed E-state index contributed by atoms with van der Waals surface area (Å²) in [5.41, 5.74) is 9.20. The molecule has 0 saturated carbocycles. The Bertz CT molecular complexity index is 993. The number of aryl methyl sites for hydroxylation is 1. The zero-order chi connectivity index (χ0) is 19.1. The third-order valence-corrected chi connectivity index (χ3v) is 4.57. The number of benzene rings is 2. The lowest BCUT2D eigenvalue weighted by Crippen LogP contribution is -2.14. The number of nitrogens with zero attached hydrogens (tertiary/aromatic N) is 1. The molecule has 0 saturated heterocycles. The average molecular weight is 349 g/mol. The molecule has 0 aliphatic carbocycles. The third kappa shape index (κ3) is 3.33. The van der Waals surface area contributed by atoms with E-state index in [1.165, 1.54) is 5.56 Å². The summed E-state index contributed by atoms with van der Waals surface area (Å²) >= 11 is 0. The van der Waals surface area contributed by atoms with Gasteiger partial charge in [0.05, 0.1) is 0 Å². The highest BCUT2D eigenvalue weighted by atomic mass is 16.2. The average Bonchev–Trinajstić information content (AvgIpc) is 2.91. The van der Waals surface area contributed by atoms with Crippen LogP contribution in [0.5, 0.6) is 0 Å².